The third kappa shape index (κ3) is 13.3. The fourth-order valence-electron chi connectivity index (χ4n) is 4.45. The zero-order valence-electron chi connectivity index (χ0n) is 23.0. The van der Waals surface area contributed by atoms with Crippen molar-refractivity contribution in [1.29, 1.82) is 0 Å². The number of benzene rings is 1. The molecule has 0 aliphatic heterocycles. The van der Waals surface area contributed by atoms with E-state index < -0.39 is 0 Å². The maximum absolute atomic E-state index is 14.7. The van der Waals surface area contributed by atoms with Gasteiger partial charge >= 0.3 is 0 Å². The summed E-state index contributed by atoms with van der Waals surface area (Å²) in [6.45, 7) is 5.84. The first-order valence-electron chi connectivity index (χ1n) is 14.8. The molecule has 0 atom stereocenters. The molecule has 202 valence electrons. The molecule has 2 rings (SSSR count). The van der Waals surface area contributed by atoms with Crippen LogP contribution in [0.5, 0.6) is 11.5 Å². The van der Waals surface area contributed by atoms with Crippen molar-refractivity contribution in [3.05, 3.63) is 42.3 Å². The van der Waals surface area contributed by atoms with E-state index in [-0.39, 0.29) is 5.82 Å². The minimum atomic E-state index is -0.306. The lowest BCUT2D eigenvalue weighted by Gasteiger charge is -2.10. The first-order valence-corrected chi connectivity index (χ1v) is 14.8. The molecule has 0 N–H and O–H groups in total. The number of nitrogens with zero attached hydrogens (tertiary/aromatic N) is 1. The summed E-state index contributed by atoms with van der Waals surface area (Å²) >= 11 is 0. The molecule has 0 spiro atoms. The van der Waals surface area contributed by atoms with Crippen LogP contribution in [0.4, 0.5) is 4.39 Å². The Bertz CT molecular complexity index is 793. The lowest BCUT2D eigenvalue weighted by molar-refractivity contribution is 0.302. The van der Waals surface area contributed by atoms with Crippen LogP contribution in [0.3, 0.4) is 0 Å². The molecule has 1 heterocycles. The van der Waals surface area contributed by atoms with Gasteiger partial charge in [0.05, 0.1) is 25.1 Å². The molecule has 0 unspecified atom stereocenters. The van der Waals surface area contributed by atoms with E-state index in [4.69, 9.17) is 9.47 Å². The molecular weight excluding hydrogens is 449 g/mol. The molecule has 0 saturated carbocycles. The van der Waals surface area contributed by atoms with Crippen LogP contribution in [-0.2, 0) is 0 Å². The summed E-state index contributed by atoms with van der Waals surface area (Å²) in [5.41, 5.74) is 1.09. The molecule has 0 fully saturated rings. The maximum atomic E-state index is 14.7. The molecular formula is C32H50FNO2. The molecule has 0 saturated heterocycles. The largest absolute Gasteiger partial charge is 0.493 e. The van der Waals surface area contributed by atoms with Crippen molar-refractivity contribution in [1.82, 2.24) is 4.98 Å². The van der Waals surface area contributed by atoms with Crippen LogP contribution in [0, 0.1) is 5.82 Å². The van der Waals surface area contributed by atoms with Crippen molar-refractivity contribution in [2.45, 2.75) is 123 Å². The van der Waals surface area contributed by atoms with Crippen LogP contribution in [0.1, 0.15) is 123 Å². The molecule has 1 aromatic heterocycles. The standard InChI is InChI=1S/C32H50FNO2/c1-3-5-7-9-11-13-15-17-19-25-36-29-21-23-32(34-27-29)30-22-20-28(26-31(30)33)35-24-18-16-14-12-10-8-6-4-2/h20-23,26-27H,3-19,24-25H2,1-2H3. The Labute approximate surface area is 220 Å². The second-order valence-electron chi connectivity index (χ2n) is 10.0. The van der Waals surface area contributed by atoms with Crippen molar-refractivity contribution in [3.8, 4) is 22.8 Å². The topological polar surface area (TPSA) is 31.4 Å². The van der Waals surface area contributed by atoms with Gasteiger partial charge in [0.2, 0.25) is 0 Å². The highest BCUT2D eigenvalue weighted by Gasteiger charge is 2.09. The number of unbranched alkanes of at least 4 members (excludes halogenated alkanes) is 15. The van der Waals surface area contributed by atoms with E-state index in [9.17, 15) is 4.39 Å². The van der Waals surface area contributed by atoms with Gasteiger partial charge < -0.3 is 9.47 Å². The van der Waals surface area contributed by atoms with Gasteiger partial charge in [-0.15, -0.1) is 0 Å². The quantitative estimate of drug-likeness (QED) is 0.151. The predicted octanol–water partition coefficient (Wildman–Crippen LogP) is 10.3. The third-order valence-corrected chi connectivity index (χ3v) is 6.74. The molecule has 0 amide bonds. The minimum absolute atomic E-state index is 0.306. The van der Waals surface area contributed by atoms with Gasteiger partial charge in [-0.05, 0) is 37.1 Å². The first-order chi connectivity index (χ1) is 17.7. The number of hydrogen-bond acceptors (Lipinski definition) is 3. The predicted molar refractivity (Wildman–Crippen MR) is 150 cm³/mol. The number of aromatic nitrogens is 1. The SMILES string of the molecule is CCCCCCCCCCCOc1ccc(-c2ccc(OCCCCCCCCCC)cc2F)nc1. The van der Waals surface area contributed by atoms with Crippen LogP contribution in [0.2, 0.25) is 0 Å². The summed E-state index contributed by atoms with van der Waals surface area (Å²) in [5.74, 6) is 1.02. The molecule has 0 bridgehead atoms. The van der Waals surface area contributed by atoms with E-state index in [1.165, 1.54) is 102 Å². The minimum Gasteiger partial charge on any atom is -0.493 e. The van der Waals surface area contributed by atoms with Gasteiger partial charge in [-0.3, -0.25) is 4.98 Å². The fraction of sp³-hybridized carbons (Fsp3) is 0.656. The number of hydrogen-bond donors (Lipinski definition) is 0. The van der Waals surface area contributed by atoms with E-state index in [0.29, 0.717) is 30.2 Å². The van der Waals surface area contributed by atoms with Gasteiger partial charge in [-0.2, -0.15) is 0 Å². The molecule has 4 heteroatoms. The van der Waals surface area contributed by atoms with Crippen molar-refractivity contribution in [2.75, 3.05) is 13.2 Å². The summed E-state index contributed by atoms with van der Waals surface area (Å²) in [7, 11) is 0. The molecule has 0 aliphatic rings. The highest BCUT2D eigenvalue weighted by atomic mass is 19.1. The zero-order chi connectivity index (χ0) is 25.7. The summed E-state index contributed by atoms with van der Waals surface area (Å²) in [6.07, 6.45) is 23.4. The Morgan fingerprint density at radius 1 is 0.583 bits per heavy atom. The van der Waals surface area contributed by atoms with E-state index in [1.54, 1.807) is 12.3 Å². The first kappa shape index (κ1) is 30.1. The van der Waals surface area contributed by atoms with E-state index >= 15 is 0 Å². The molecule has 1 aromatic carbocycles. The molecule has 0 radical (unpaired) electrons. The number of rotatable bonds is 22. The molecule has 3 nitrogen and oxygen atoms in total. The maximum Gasteiger partial charge on any atom is 0.137 e. The summed E-state index contributed by atoms with van der Waals surface area (Å²) in [6, 6.07) is 8.76. The summed E-state index contributed by atoms with van der Waals surface area (Å²) in [4.78, 5) is 4.42. The zero-order valence-corrected chi connectivity index (χ0v) is 23.0. The second-order valence-corrected chi connectivity index (χ2v) is 10.0. The van der Waals surface area contributed by atoms with E-state index in [0.717, 1.165) is 18.6 Å². The summed E-state index contributed by atoms with van der Waals surface area (Å²) < 4.78 is 26.3. The van der Waals surface area contributed by atoms with E-state index in [2.05, 4.69) is 18.8 Å². The van der Waals surface area contributed by atoms with Crippen LogP contribution in [0.25, 0.3) is 11.3 Å². The Morgan fingerprint density at radius 3 is 1.53 bits per heavy atom. The Hall–Kier alpha value is -2.10. The third-order valence-electron chi connectivity index (χ3n) is 6.74. The Kier molecular flexibility index (Phi) is 16.7. The summed E-state index contributed by atoms with van der Waals surface area (Å²) in [5, 5.41) is 0. The van der Waals surface area contributed by atoms with Gasteiger partial charge in [0.15, 0.2) is 0 Å². The molecule has 2 aromatic rings. The van der Waals surface area contributed by atoms with Gasteiger partial charge in [-0.25, -0.2) is 4.39 Å². The van der Waals surface area contributed by atoms with Gasteiger partial charge in [0, 0.05) is 11.6 Å². The normalized spacial score (nSPS) is 11.1. The highest BCUT2D eigenvalue weighted by Crippen LogP contribution is 2.26. The van der Waals surface area contributed by atoms with Gasteiger partial charge in [0.1, 0.15) is 17.3 Å². The molecule has 36 heavy (non-hydrogen) atoms. The van der Waals surface area contributed by atoms with Crippen LogP contribution in [0.15, 0.2) is 36.5 Å². The van der Waals surface area contributed by atoms with Crippen molar-refractivity contribution in [2.24, 2.45) is 0 Å². The Morgan fingerprint density at radius 2 is 1.06 bits per heavy atom. The van der Waals surface area contributed by atoms with Gasteiger partial charge in [-0.1, -0.05) is 110 Å². The lowest BCUT2D eigenvalue weighted by Crippen LogP contribution is -1.99. The van der Waals surface area contributed by atoms with Gasteiger partial charge in [0.25, 0.3) is 0 Å². The van der Waals surface area contributed by atoms with Crippen LogP contribution in [-0.4, -0.2) is 18.2 Å². The van der Waals surface area contributed by atoms with Crippen molar-refractivity contribution < 1.29 is 13.9 Å². The average molecular weight is 500 g/mol. The molecule has 0 aliphatic carbocycles. The number of ether oxygens (including phenoxy) is 2. The van der Waals surface area contributed by atoms with Crippen LogP contribution >= 0.6 is 0 Å². The second kappa shape index (κ2) is 20.0. The number of halogens is 1. The average Bonchev–Trinajstić information content (AvgIpc) is 2.89. The van der Waals surface area contributed by atoms with Crippen molar-refractivity contribution in [3.63, 3.8) is 0 Å². The lowest BCUT2D eigenvalue weighted by atomic mass is 10.1. The van der Waals surface area contributed by atoms with E-state index in [1.807, 2.05) is 18.2 Å². The highest BCUT2D eigenvalue weighted by molar-refractivity contribution is 5.61. The monoisotopic (exact) mass is 499 g/mol. The van der Waals surface area contributed by atoms with Crippen LogP contribution < -0.4 is 9.47 Å². The fourth-order valence-corrected chi connectivity index (χ4v) is 4.45. The number of pyridine rings is 1. The Balaban J connectivity index is 1.61. The smallest absolute Gasteiger partial charge is 0.137 e. The van der Waals surface area contributed by atoms with Crippen molar-refractivity contribution >= 4 is 0 Å².